The Morgan fingerprint density at radius 1 is 1.35 bits per heavy atom. The lowest BCUT2D eigenvalue weighted by Crippen LogP contribution is -2.40. The molecule has 0 aromatic heterocycles. The molecule has 0 heterocycles. The van der Waals surface area contributed by atoms with E-state index in [4.69, 9.17) is 10.8 Å². The summed E-state index contributed by atoms with van der Waals surface area (Å²) in [7, 11) is 0. The minimum Gasteiger partial charge on any atom is -0.399 e. The third-order valence-electron chi connectivity index (χ3n) is 2.87. The van der Waals surface area contributed by atoms with Gasteiger partial charge in [0.25, 0.3) is 0 Å². The first-order valence-electron chi connectivity index (χ1n) is 6.07. The smallest absolute Gasteiger partial charge is 0.399 e. The average molecular weight is 290 g/mol. The largest absolute Gasteiger partial charge is 0.416 e. The van der Waals surface area contributed by atoms with Gasteiger partial charge in [0.2, 0.25) is 5.91 Å². The Morgan fingerprint density at radius 3 is 2.40 bits per heavy atom. The van der Waals surface area contributed by atoms with Crippen LogP contribution in [0.15, 0.2) is 24.3 Å². The number of aliphatic hydroxyl groups excluding tert-OH is 1. The molecular formula is C13H17F3N2O2. The van der Waals surface area contributed by atoms with Crippen LogP contribution in [0, 0.1) is 0 Å². The van der Waals surface area contributed by atoms with Crippen molar-refractivity contribution < 1.29 is 23.1 Å². The number of nitrogens with one attached hydrogen (secondary N) is 1. The fraction of sp³-hybridized carbons (Fsp3) is 0.462. The highest BCUT2D eigenvalue weighted by atomic mass is 19.4. The Labute approximate surface area is 114 Å². The van der Waals surface area contributed by atoms with Crippen LogP contribution in [0.5, 0.6) is 0 Å². The Kier molecular flexibility index (Phi) is 5.38. The predicted molar refractivity (Wildman–Crippen MR) is 69.0 cm³/mol. The summed E-state index contributed by atoms with van der Waals surface area (Å²) in [6.07, 6.45) is -7.23. The van der Waals surface area contributed by atoms with Crippen LogP contribution < -0.4 is 11.1 Å². The molecule has 0 aliphatic rings. The van der Waals surface area contributed by atoms with Gasteiger partial charge in [-0.3, -0.25) is 4.79 Å². The second-order valence-corrected chi connectivity index (χ2v) is 4.63. The number of rotatable bonds is 5. The van der Waals surface area contributed by atoms with Gasteiger partial charge in [0.05, 0.1) is 6.54 Å². The quantitative estimate of drug-likeness (QED) is 0.724. The molecule has 0 fully saturated rings. The van der Waals surface area contributed by atoms with Crippen molar-refractivity contribution in [3.63, 3.8) is 0 Å². The summed E-state index contributed by atoms with van der Waals surface area (Å²) in [4.78, 5) is 11.5. The molecule has 0 spiro atoms. The van der Waals surface area contributed by atoms with Gasteiger partial charge < -0.3 is 16.2 Å². The number of hydrogen-bond acceptors (Lipinski definition) is 3. The van der Waals surface area contributed by atoms with E-state index in [1.165, 1.54) is 0 Å². The molecule has 20 heavy (non-hydrogen) atoms. The van der Waals surface area contributed by atoms with Crippen LogP contribution in [0.25, 0.3) is 0 Å². The molecule has 1 amide bonds. The van der Waals surface area contributed by atoms with E-state index >= 15 is 0 Å². The van der Waals surface area contributed by atoms with Crippen molar-refractivity contribution in [1.29, 1.82) is 0 Å². The van der Waals surface area contributed by atoms with Gasteiger partial charge in [0.1, 0.15) is 0 Å². The van der Waals surface area contributed by atoms with Crippen molar-refractivity contribution >= 4 is 11.6 Å². The molecule has 0 bridgehead atoms. The number of hydrogen-bond donors (Lipinski definition) is 3. The van der Waals surface area contributed by atoms with Crippen LogP contribution in [0.3, 0.4) is 0 Å². The summed E-state index contributed by atoms with van der Waals surface area (Å²) < 4.78 is 36.2. The zero-order valence-electron chi connectivity index (χ0n) is 10.9. The SMILES string of the molecule is CC(CC(=O)NCC(O)C(F)(F)F)c1ccc(N)cc1. The van der Waals surface area contributed by atoms with Crippen LogP contribution in [-0.4, -0.2) is 29.8 Å². The molecule has 0 saturated heterocycles. The summed E-state index contributed by atoms with van der Waals surface area (Å²) >= 11 is 0. The molecule has 0 aliphatic heterocycles. The molecule has 1 aromatic rings. The number of anilines is 1. The summed E-state index contributed by atoms with van der Waals surface area (Å²) in [5, 5.41) is 10.8. The molecule has 2 atom stereocenters. The molecule has 112 valence electrons. The zero-order chi connectivity index (χ0) is 15.3. The molecule has 1 rings (SSSR count). The Morgan fingerprint density at radius 2 is 1.90 bits per heavy atom. The molecular weight excluding hydrogens is 273 g/mol. The molecule has 0 radical (unpaired) electrons. The van der Waals surface area contributed by atoms with E-state index in [2.05, 4.69) is 5.32 Å². The summed E-state index contributed by atoms with van der Waals surface area (Å²) in [5.74, 6) is -0.698. The Bertz CT molecular complexity index is 446. The zero-order valence-corrected chi connectivity index (χ0v) is 10.9. The van der Waals surface area contributed by atoms with E-state index in [1.54, 1.807) is 31.2 Å². The van der Waals surface area contributed by atoms with Gasteiger partial charge in [-0.2, -0.15) is 13.2 Å². The highest BCUT2D eigenvalue weighted by Crippen LogP contribution is 2.21. The van der Waals surface area contributed by atoms with Gasteiger partial charge >= 0.3 is 6.18 Å². The maximum Gasteiger partial charge on any atom is 0.416 e. The number of aliphatic hydroxyl groups is 1. The summed E-state index contributed by atoms with van der Waals surface area (Å²) in [6.45, 7) is 0.947. The van der Waals surface area contributed by atoms with Gasteiger partial charge in [-0.15, -0.1) is 0 Å². The van der Waals surface area contributed by atoms with Crippen molar-refractivity contribution in [2.45, 2.75) is 31.5 Å². The number of nitrogen functional groups attached to an aromatic ring is 1. The standard InChI is InChI=1S/C13H17F3N2O2/c1-8(9-2-4-10(17)5-3-9)6-12(20)18-7-11(19)13(14,15)16/h2-5,8,11,19H,6-7,17H2,1H3,(H,18,20). The third kappa shape index (κ3) is 5.08. The van der Waals surface area contributed by atoms with Crippen molar-refractivity contribution in [2.24, 2.45) is 0 Å². The monoisotopic (exact) mass is 290 g/mol. The first-order valence-corrected chi connectivity index (χ1v) is 6.07. The first-order chi connectivity index (χ1) is 9.20. The fourth-order valence-corrected chi connectivity index (χ4v) is 1.62. The lowest BCUT2D eigenvalue weighted by atomic mass is 9.97. The molecule has 2 unspecified atom stereocenters. The number of benzene rings is 1. The predicted octanol–water partition coefficient (Wildman–Crippen LogP) is 1.80. The van der Waals surface area contributed by atoms with E-state index in [-0.39, 0.29) is 12.3 Å². The molecule has 4 nitrogen and oxygen atoms in total. The van der Waals surface area contributed by atoms with Crippen molar-refractivity contribution in [2.75, 3.05) is 12.3 Å². The van der Waals surface area contributed by atoms with Gasteiger partial charge in [-0.1, -0.05) is 19.1 Å². The highest BCUT2D eigenvalue weighted by molar-refractivity contribution is 5.76. The van der Waals surface area contributed by atoms with Crippen molar-refractivity contribution in [3.8, 4) is 0 Å². The number of carbonyl (C=O) groups is 1. The minimum atomic E-state index is -4.73. The maximum atomic E-state index is 12.1. The topological polar surface area (TPSA) is 75.3 Å². The van der Waals surface area contributed by atoms with Crippen molar-refractivity contribution in [3.05, 3.63) is 29.8 Å². The van der Waals surface area contributed by atoms with Gasteiger partial charge in [0.15, 0.2) is 6.10 Å². The van der Waals surface area contributed by atoms with Crippen LogP contribution in [0.2, 0.25) is 0 Å². The number of carbonyl (C=O) groups excluding carboxylic acids is 1. The fourth-order valence-electron chi connectivity index (χ4n) is 1.62. The Balaban J connectivity index is 2.44. The highest BCUT2D eigenvalue weighted by Gasteiger charge is 2.38. The summed E-state index contributed by atoms with van der Waals surface area (Å²) in [6, 6.07) is 6.91. The van der Waals surface area contributed by atoms with Crippen LogP contribution in [0.1, 0.15) is 24.8 Å². The van der Waals surface area contributed by atoms with E-state index < -0.39 is 24.7 Å². The second kappa shape index (κ2) is 6.60. The third-order valence-corrected chi connectivity index (χ3v) is 2.87. The normalized spacial score (nSPS) is 14.7. The van der Waals surface area contributed by atoms with Crippen LogP contribution >= 0.6 is 0 Å². The molecule has 1 aromatic carbocycles. The van der Waals surface area contributed by atoms with E-state index in [1.807, 2.05) is 0 Å². The van der Waals surface area contributed by atoms with Crippen LogP contribution in [0.4, 0.5) is 18.9 Å². The number of nitrogens with two attached hydrogens (primary N) is 1. The molecule has 4 N–H and O–H groups in total. The maximum absolute atomic E-state index is 12.1. The number of alkyl halides is 3. The van der Waals surface area contributed by atoms with Gasteiger partial charge in [0, 0.05) is 12.1 Å². The van der Waals surface area contributed by atoms with Crippen molar-refractivity contribution in [1.82, 2.24) is 5.32 Å². The van der Waals surface area contributed by atoms with Gasteiger partial charge in [-0.05, 0) is 23.6 Å². The van der Waals surface area contributed by atoms with E-state index in [9.17, 15) is 18.0 Å². The Hall–Kier alpha value is -1.76. The average Bonchev–Trinajstić information content (AvgIpc) is 2.35. The van der Waals surface area contributed by atoms with Gasteiger partial charge in [-0.25, -0.2) is 0 Å². The van der Waals surface area contributed by atoms with E-state index in [0.29, 0.717) is 5.69 Å². The molecule has 7 heteroatoms. The molecule has 0 aliphatic carbocycles. The lowest BCUT2D eigenvalue weighted by molar-refractivity contribution is -0.201. The lowest BCUT2D eigenvalue weighted by Gasteiger charge is -2.16. The van der Waals surface area contributed by atoms with E-state index in [0.717, 1.165) is 5.56 Å². The summed E-state index contributed by atoms with van der Waals surface area (Å²) in [5.41, 5.74) is 7.00. The minimum absolute atomic E-state index is 0.0362. The van der Waals surface area contributed by atoms with Crippen LogP contribution in [-0.2, 0) is 4.79 Å². The first kappa shape index (κ1) is 16.3. The number of amides is 1. The molecule has 0 saturated carbocycles. The second-order valence-electron chi connectivity index (χ2n) is 4.63. The number of halogens is 3.